The maximum atomic E-state index is 14.5. The van der Waals surface area contributed by atoms with Gasteiger partial charge in [0, 0.05) is 19.2 Å². The highest BCUT2D eigenvalue weighted by molar-refractivity contribution is 7.91. The van der Waals surface area contributed by atoms with Gasteiger partial charge in [0.2, 0.25) is 0 Å². The predicted octanol–water partition coefficient (Wildman–Crippen LogP) is 2.74. The van der Waals surface area contributed by atoms with Crippen molar-refractivity contribution in [2.45, 2.75) is 23.6 Å². The van der Waals surface area contributed by atoms with Crippen LogP contribution in [0.2, 0.25) is 0 Å². The average Bonchev–Trinajstić information content (AvgIpc) is 3.43. The van der Waals surface area contributed by atoms with Crippen LogP contribution in [0.1, 0.15) is 12.8 Å². The molecule has 8 nitrogen and oxygen atoms in total. The lowest BCUT2D eigenvalue weighted by atomic mass is 9.99. The van der Waals surface area contributed by atoms with E-state index in [9.17, 15) is 26.8 Å². The summed E-state index contributed by atoms with van der Waals surface area (Å²) in [6.45, 7) is -0.165. The average molecular weight is 516 g/mol. The number of carbonyl (C=O) groups excluding carboxylic acids is 2. The molecule has 1 aliphatic rings. The molecule has 1 unspecified atom stereocenters. The molecule has 0 N–H and O–H groups in total. The number of methoxy groups -OCH3 is 1. The van der Waals surface area contributed by atoms with Crippen molar-refractivity contribution in [3.05, 3.63) is 46.1 Å². The van der Waals surface area contributed by atoms with Gasteiger partial charge in [-0.05, 0) is 30.4 Å². The van der Waals surface area contributed by atoms with Crippen LogP contribution in [0.3, 0.4) is 0 Å². The van der Waals surface area contributed by atoms with Crippen molar-refractivity contribution < 1.29 is 31.5 Å². The summed E-state index contributed by atoms with van der Waals surface area (Å²) in [6, 6.07) is 4.93. The van der Waals surface area contributed by atoms with Crippen LogP contribution in [0.4, 0.5) is 8.78 Å². The number of hydrogen-bond donors (Lipinski definition) is 0. The fourth-order valence-corrected chi connectivity index (χ4v) is 7.38. The van der Waals surface area contributed by atoms with E-state index in [-0.39, 0.29) is 25.8 Å². The third-order valence-corrected chi connectivity index (χ3v) is 9.50. The second kappa shape index (κ2) is 9.41. The molecule has 0 aliphatic carbocycles. The van der Waals surface area contributed by atoms with Crippen LogP contribution in [-0.4, -0.2) is 49.4 Å². The van der Waals surface area contributed by atoms with E-state index in [0.717, 1.165) is 28.7 Å². The third kappa shape index (κ3) is 4.76. The second-order valence-corrected chi connectivity index (χ2v) is 11.5. The molecule has 1 saturated heterocycles. The van der Waals surface area contributed by atoms with Gasteiger partial charge in [0.25, 0.3) is 15.9 Å². The van der Waals surface area contributed by atoms with Crippen molar-refractivity contribution in [2.24, 2.45) is 10.9 Å². The van der Waals surface area contributed by atoms with Gasteiger partial charge in [0.15, 0.2) is 10.6 Å². The number of hydrogen-bond acceptors (Lipinski definition) is 7. The molecule has 13 heteroatoms. The number of benzene rings is 1. The van der Waals surface area contributed by atoms with Crippen molar-refractivity contribution >= 4 is 54.8 Å². The number of thiophene rings is 1. The first-order chi connectivity index (χ1) is 15.7. The molecule has 1 fully saturated rings. The maximum Gasteiger partial charge on any atom is 0.325 e. The zero-order chi connectivity index (χ0) is 23.8. The van der Waals surface area contributed by atoms with Crippen LogP contribution in [0.5, 0.6) is 0 Å². The molecular weight excluding hydrogens is 496 g/mol. The van der Waals surface area contributed by atoms with Crippen LogP contribution < -0.4 is 4.80 Å². The third-order valence-electron chi connectivity index (χ3n) is 5.24. The van der Waals surface area contributed by atoms with Crippen LogP contribution in [0, 0.1) is 17.6 Å². The van der Waals surface area contributed by atoms with E-state index in [1.165, 1.54) is 22.0 Å². The molecule has 2 aromatic heterocycles. The second-order valence-electron chi connectivity index (χ2n) is 7.37. The van der Waals surface area contributed by atoms with Crippen LogP contribution in [0.25, 0.3) is 10.2 Å². The number of thiazole rings is 1. The molecule has 1 amide bonds. The molecule has 4 rings (SSSR count). The van der Waals surface area contributed by atoms with E-state index in [2.05, 4.69) is 9.73 Å². The number of halogens is 2. The Labute approximate surface area is 195 Å². The highest BCUT2D eigenvalue weighted by atomic mass is 32.2. The molecule has 1 aromatic carbocycles. The van der Waals surface area contributed by atoms with Crippen LogP contribution in [0.15, 0.2) is 38.8 Å². The number of fused-ring (bicyclic) bond motifs is 1. The van der Waals surface area contributed by atoms with Gasteiger partial charge in [0.1, 0.15) is 16.6 Å². The number of rotatable bonds is 5. The van der Waals surface area contributed by atoms with E-state index in [1.807, 2.05) is 0 Å². The van der Waals surface area contributed by atoms with Gasteiger partial charge in [-0.2, -0.15) is 9.30 Å². The zero-order valence-corrected chi connectivity index (χ0v) is 19.8. The zero-order valence-electron chi connectivity index (χ0n) is 17.4. The minimum absolute atomic E-state index is 0.00291. The van der Waals surface area contributed by atoms with Crippen molar-refractivity contribution in [1.82, 2.24) is 8.87 Å². The molecule has 0 radical (unpaired) electrons. The Kier molecular flexibility index (Phi) is 6.75. The van der Waals surface area contributed by atoms with Crippen molar-refractivity contribution in [3.63, 3.8) is 0 Å². The number of sulfonamides is 1. The van der Waals surface area contributed by atoms with Gasteiger partial charge < -0.3 is 9.30 Å². The summed E-state index contributed by atoms with van der Waals surface area (Å²) in [6.07, 6.45) is 0.911. The van der Waals surface area contributed by atoms with Gasteiger partial charge in [-0.25, -0.2) is 17.2 Å². The molecule has 3 aromatic rings. The summed E-state index contributed by atoms with van der Waals surface area (Å²) in [4.78, 5) is 28.9. The van der Waals surface area contributed by atoms with E-state index in [1.54, 1.807) is 11.4 Å². The van der Waals surface area contributed by atoms with Crippen LogP contribution in [-0.2, 0) is 30.9 Å². The minimum atomic E-state index is -3.71. The van der Waals surface area contributed by atoms with Gasteiger partial charge >= 0.3 is 5.97 Å². The number of amides is 1. The van der Waals surface area contributed by atoms with Gasteiger partial charge in [-0.15, -0.1) is 11.3 Å². The fraction of sp³-hybridized carbons (Fsp3) is 0.350. The highest BCUT2D eigenvalue weighted by Gasteiger charge is 2.34. The lowest BCUT2D eigenvalue weighted by Gasteiger charge is -2.29. The molecule has 1 aliphatic heterocycles. The first-order valence-electron chi connectivity index (χ1n) is 9.88. The lowest BCUT2D eigenvalue weighted by Crippen LogP contribution is -2.42. The van der Waals surface area contributed by atoms with E-state index >= 15 is 0 Å². The van der Waals surface area contributed by atoms with E-state index < -0.39 is 46.0 Å². The Morgan fingerprint density at radius 2 is 2.09 bits per heavy atom. The highest BCUT2D eigenvalue weighted by Crippen LogP contribution is 2.27. The summed E-state index contributed by atoms with van der Waals surface area (Å²) in [5, 5.41) is 1.66. The van der Waals surface area contributed by atoms with Crippen molar-refractivity contribution in [3.8, 4) is 0 Å². The smallest absolute Gasteiger partial charge is 0.325 e. The van der Waals surface area contributed by atoms with Gasteiger partial charge in [-0.1, -0.05) is 17.4 Å². The molecule has 3 heterocycles. The number of esters is 1. The standard InChI is InChI=1S/C20H19F2N3O5S3/c1-30-16(26)11-25-18-14(22)8-13(21)9-15(18)32-20(25)23-19(27)12-4-2-6-24(10-12)33(28,29)17-5-3-7-31-17/h3,5,7-9,12H,2,4,6,10-11H2,1H3. The number of aromatic nitrogens is 1. The Morgan fingerprint density at radius 1 is 1.30 bits per heavy atom. The normalized spacial score (nSPS) is 18.0. The fourth-order valence-electron chi connectivity index (χ4n) is 3.64. The van der Waals surface area contributed by atoms with Crippen molar-refractivity contribution in [1.29, 1.82) is 0 Å². The van der Waals surface area contributed by atoms with Gasteiger partial charge in [-0.3, -0.25) is 9.59 Å². The Hall–Kier alpha value is -2.48. The lowest BCUT2D eigenvalue weighted by molar-refractivity contribution is -0.141. The van der Waals surface area contributed by atoms with Gasteiger partial charge in [0.05, 0.1) is 23.2 Å². The number of carbonyl (C=O) groups is 2. The van der Waals surface area contributed by atoms with E-state index in [4.69, 9.17) is 0 Å². The van der Waals surface area contributed by atoms with E-state index in [0.29, 0.717) is 25.5 Å². The Bertz CT molecular complexity index is 1380. The Balaban J connectivity index is 1.69. The monoisotopic (exact) mass is 515 g/mol. The first kappa shape index (κ1) is 23.7. The maximum absolute atomic E-state index is 14.5. The summed E-state index contributed by atoms with van der Waals surface area (Å²) >= 11 is 1.96. The Morgan fingerprint density at radius 3 is 2.79 bits per heavy atom. The summed E-state index contributed by atoms with van der Waals surface area (Å²) in [5.74, 6) is -3.69. The number of nitrogens with zero attached hydrogens (tertiary/aromatic N) is 3. The molecular formula is C20H19F2N3O5S3. The summed E-state index contributed by atoms with van der Waals surface area (Å²) in [5.41, 5.74) is -0.0658. The largest absolute Gasteiger partial charge is 0.468 e. The topological polar surface area (TPSA) is 98.0 Å². The minimum Gasteiger partial charge on any atom is -0.468 e. The molecule has 0 saturated carbocycles. The number of ether oxygens (including phenoxy) is 1. The first-order valence-corrected chi connectivity index (χ1v) is 13.0. The molecule has 176 valence electrons. The SMILES string of the molecule is COC(=O)Cn1c(=NC(=O)C2CCCN(S(=O)(=O)c3cccs3)C2)sc2cc(F)cc(F)c21. The number of piperidine rings is 1. The molecule has 1 atom stereocenters. The summed E-state index contributed by atoms with van der Waals surface area (Å²) in [7, 11) is -2.55. The predicted molar refractivity (Wildman–Crippen MR) is 118 cm³/mol. The molecule has 33 heavy (non-hydrogen) atoms. The quantitative estimate of drug-likeness (QED) is 0.487. The van der Waals surface area contributed by atoms with Crippen LogP contribution >= 0.6 is 22.7 Å². The van der Waals surface area contributed by atoms with Crippen molar-refractivity contribution in [2.75, 3.05) is 20.2 Å². The molecule has 0 bridgehead atoms. The molecule has 0 spiro atoms. The summed E-state index contributed by atoms with van der Waals surface area (Å²) < 4.78 is 61.3.